The molecule has 0 fully saturated rings. The Bertz CT molecular complexity index is 1070. The Morgan fingerprint density at radius 3 is 2.90 bits per heavy atom. The molecule has 1 aliphatic rings. The number of hydrogen-bond donors (Lipinski definition) is 5. The maximum absolute atomic E-state index is 14.1. The summed E-state index contributed by atoms with van der Waals surface area (Å²) in [6, 6.07) is 4.47. The second-order valence-electron chi connectivity index (χ2n) is 6.79. The zero-order valence-corrected chi connectivity index (χ0v) is 16.8. The third-order valence-corrected chi connectivity index (χ3v) is 4.96. The molecule has 0 radical (unpaired) electrons. The minimum atomic E-state index is -0.438. The van der Waals surface area contributed by atoms with Gasteiger partial charge in [-0.2, -0.15) is 0 Å². The van der Waals surface area contributed by atoms with Crippen LogP contribution in [-0.2, 0) is 6.42 Å². The van der Waals surface area contributed by atoms with E-state index in [-0.39, 0.29) is 14.6 Å². The predicted molar refractivity (Wildman–Crippen MR) is 121 cm³/mol. The van der Waals surface area contributed by atoms with Crippen molar-refractivity contribution in [1.82, 2.24) is 20.2 Å². The van der Waals surface area contributed by atoms with E-state index in [2.05, 4.69) is 27.6 Å². The molecule has 0 unspecified atom stereocenters. The molecule has 8 heteroatoms. The van der Waals surface area contributed by atoms with Gasteiger partial charge in [-0.25, -0.2) is 4.39 Å². The molecule has 0 aliphatic carbocycles. The fourth-order valence-corrected chi connectivity index (χ4v) is 3.49. The van der Waals surface area contributed by atoms with Crippen LogP contribution in [0.2, 0.25) is 0 Å². The summed E-state index contributed by atoms with van der Waals surface area (Å²) in [6.45, 7) is 4.23. The molecule has 3 heterocycles. The van der Waals surface area contributed by atoms with Crippen molar-refractivity contribution in [3.8, 4) is 0 Å². The molecule has 7 nitrogen and oxygen atoms in total. The van der Waals surface area contributed by atoms with E-state index in [9.17, 15) is 4.39 Å². The first-order valence-corrected chi connectivity index (χ1v) is 9.47. The third-order valence-electron chi connectivity index (χ3n) is 4.96. The number of aromatic amines is 1. The van der Waals surface area contributed by atoms with Crippen LogP contribution in [0.4, 0.5) is 4.39 Å². The number of pyridine rings is 1. The van der Waals surface area contributed by atoms with Crippen molar-refractivity contribution >= 4 is 6.08 Å². The highest BCUT2D eigenvalue weighted by atomic mass is 19.1. The Balaban J connectivity index is 0.00000256. The normalized spacial score (nSPS) is 17.3. The van der Waals surface area contributed by atoms with E-state index in [1.54, 1.807) is 25.3 Å². The molecule has 0 saturated heterocycles. The molecule has 0 saturated carbocycles. The zero-order chi connectivity index (χ0) is 21.7. The number of nitrogens with two attached hydrogens (primary N) is 3. The van der Waals surface area contributed by atoms with Crippen LogP contribution >= 0.6 is 0 Å². The van der Waals surface area contributed by atoms with Crippen LogP contribution in [-0.4, -0.2) is 28.5 Å². The van der Waals surface area contributed by atoms with Crippen molar-refractivity contribution in [2.45, 2.75) is 12.5 Å². The van der Waals surface area contributed by atoms with Gasteiger partial charge >= 0.3 is 0 Å². The molecule has 30 heavy (non-hydrogen) atoms. The van der Waals surface area contributed by atoms with Gasteiger partial charge < -0.3 is 32.4 Å². The third kappa shape index (κ3) is 4.24. The number of nitrogens with zero attached hydrogens (tertiary/aromatic N) is 2. The first-order chi connectivity index (χ1) is 14.5. The minimum Gasteiger partial charge on any atom is -0.400 e. The first kappa shape index (κ1) is 20.8. The summed E-state index contributed by atoms with van der Waals surface area (Å²) in [5.41, 5.74) is 25.3. The molecule has 160 valence electrons. The molecule has 0 bridgehead atoms. The maximum atomic E-state index is 14.1. The lowest BCUT2D eigenvalue weighted by molar-refractivity contribution is 0.266. The highest BCUT2D eigenvalue weighted by molar-refractivity contribution is 5.52. The van der Waals surface area contributed by atoms with E-state index in [0.29, 0.717) is 29.5 Å². The lowest BCUT2D eigenvalue weighted by atomic mass is 9.95. The number of H-pyrrole nitrogens is 1. The van der Waals surface area contributed by atoms with Crippen LogP contribution in [0, 0.1) is 5.82 Å². The first-order valence-electron chi connectivity index (χ1n) is 9.47. The van der Waals surface area contributed by atoms with E-state index in [1.165, 1.54) is 18.3 Å². The topological polar surface area (TPSA) is 122 Å². The van der Waals surface area contributed by atoms with E-state index in [4.69, 9.17) is 17.2 Å². The fraction of sp³-hybridized carbons (Fsp3) is 0.182. The largest absolute Gasteiger partial charge is 0.400 e. The number of halogens is 1. The van der Waals surface area contributed by atoms with Crippen LogP contribution in [0.5, 0.6) is 0 Å². The van der Waals surface area contributed by atoms with E-state index in [0.717, 1.165) is 17.7 Å². The van der Waals surface area contributed by atoms with Gasteiger partial charge in [-0.05, 0) is 36.4 Å². The Morgan fingerprint density at radius 1 is 1.40 bits per heavy atom. The lowest BCUT2D eigenvalue weighted by Gasteiger charge is -2.38. The van der Waals surface area contributed by atoms with Crippen molar-refractivity contribution in [1.29, 1.82) is 0 Å². The molecule has 0 spiro atoms. The lowest BCUT2D eigenvalue weighted by Crippen LogP contribution is -2.39. The smallest absolute Gasteiger partial charge is 0.148 e. The molecule has 1 atom stereocenters. The van der Waals surface area contributed by atoms with Gasteiger partial charge in [0, 0.05) is 52.2 Å². The summed E-state index contributed by atoms with van der Waals surface area (Å²) >= 11 is 0. The van der Waals surface area contributed by atoms with Crippen molar-refractivity contribution in [3.05, 3.63) is 101 Å². The van der Waals surface area contributed by atoms with Crippen LogP contribution in [0.25, 0.3) is 6.08 Å². The standard InChI is InChI=1S/C22H26FN7.2H2/c1-3-18(27-2)16(24)6-7-21(26)30-12-9-19-14(8-11-29-19)22(30)17(25)13-20-15(23)5-4-10-28-20;;/h4-8,10-11,13,22,27,29H,1,9,12,24-26H2,2H3;2*1H/b16-6-,17-13-,21-7+;;/t22-;;/m0../s1. The van der Waals surface area contributed by atoms with Crippen LogP contribution in [0.3, 0.4) is 0 Å². The number of fused-ring (bicyclic) bond motifs is 1. The Kier molecular flexibility index (Phi) is 6.29. The average molecular weight is 412 g/mol. The van der Waals surface area contributed by atoms with Gasteiger partial charge in [0.05, 0.1) is 23.3 Å². The molecule has 0 amide bonds. The van der Waals surface area contributed by atoms with E-state index >= 15 is 0 Å². The number of nitrogens with one attached hydrogen (secondary N) is 2. The Hall–Kier alpha value is -3.90. The second-order valence-corrected chi connectivity index (χ2v) is 6.79. The molecule has 2 aromatic heterocycles. The van der Waals surface area contributed by atoms with E-state index in [1.807, 2.05) is 17.2 Å². The van der Waals surface area contributed by atoms with Crippen LogP contribution < -0.4 is 22.5 Å². The number of likely N-dealkylation sites (N-methyl/N-ethyl adjacent to an activating group) is 1. The Morgan fingerprint density at radius 2 is 2.20 bits per heavy atom. The van der Waals surface area contributed by atoms with Gasteiger partial charge in [-0.1, -0.05) is 6.58 Å². The molecule has 3 rings (SSSR count). The average Bonchev–Trinajstić information content (AvgIpc) is 3.22. The van der Waals surface area contributed by atoms with Gasteiger partial charge in [0.1, 0.15) is 11.5 Å². The summed E-state index contributed by atoms with van der Waals surface area (Å²) in [4.78, 5) is 9.27. The minimum absolute atomic E-state index is 0. The van der Waals surface area contributed by atoms with Crippen molar-refractivity contribution in [3.63, 3.8) is 0 Å². The van der Waals surface area contributed by atoms with Gasteiger partial charge in [-0.15, -0.1) is 5.73 Å². The van der Waals surface area contributed by atoms with Gasteiger partial charge in [-0.3, -0.25) is 4.98 Å². The number of aromatic nitrogens is 2. The Labute approximate surface area is 178 Å². The molecule has 0 aromatic carbocycles. The van der Waals surface area contributed by atoms with Crippen molar-refractivity contribution in [2.24, 2.45) is 17.2 Å². The monoisotopic (exact) mass is 411 g/mol. The van der Waals surface area contributed by atoms with Crippen LogP contribution in [0.1, 0.15) is 25.8 Å². The SMILES string of the molecule is C=C=C(NC)/C(N)=C/C=C(\N)N1CCc2[nH]ccc2[C@H]1/C(N)=C/c1ncccc1F.[HH].[HH]. The summed E-state index contributed by atoms with van der Waals surface area (Å²) < 4.78 is 14.1. The quantitative estimate of drug-likeness (QED) is 0.368. The molecule has 2 aromatic rings. The molecule has 1 aliphatic heterocycles. The van der Waals surface area contributed by atoms with E-state index < -0.39 is 5.82 Å². The number of rotatable bonds is 6. The van der Waals surface area contributed by atoms with Crippen molar-refractivity contribution in [2.75, 3.05) is 13.6 Å². The van der Waals surface area contributed by atoms with Crippen molar-refractivity contribution < 1.29 is 7.24 Å². The van der Waals surface area contributed by atoms with Gasteiger partial charge in [0.15, 0.2) is 0 Å². The predicted octanol–water partition coefficient (Wildman–Crippen LogP) is 2.47. The highest BCUT2D eigenvalue weighted by Gasteiger charge is 2.30. The number of allylic oxidation sites excluding steroid dienone is 2. The highest BCUT2D eigenvalue weighted by Crippen LogP contribution is 2.35. The second kappa shape index (κ2) is 9.07. The molecular formula is C22H30FN7. The maximum Gasteiger partial charge on any atom is 0.148 e. The summed E-state index contributed by atoms with van der Waals surface area (Å²) in [7, 11) is 1.73. The molecule has 8 N–H and O–H groups in total. The number of hydrogen-bond acceptors (Lipinski definition) is 6. The fourth-order valence-electron chi connectivity index (χ4n) is 3.49. The van der Waals surface area contributed by atoms with Gasteiger partial charge in [0.25, 0.3) is 0 Å². The molecular weight excluding hydrogens is 381 g/mol. The summed E-state index contributed by atoms with van der Waals surface area (Å²) in [5, 5.41) is 2.91. The van der Waals surface area contributed by atoms with Gasteiger partial charge in [0.2, 0.25) is 0 Å². The zero-order valence-electron chi connectivity index (χ0n) is 16.8. The summed E-state index contributed by atoms with van der Waals surface area (Å²) in [5.74, 6) is 0.0410. The summed E-state index contributed by atoms with van der Waals surface area (Å²) in [6.07, 6.45) is 9.10. The van der Waals surface area contributed by atoms with Crippen LogP contribution in [0.15, 0.2) is 78.0 Å².